The van der Waals surface area contributed by atoms with Crippen LogP contribution in [0.25, 0.3) is 0 Å². The van der Waals surface area contributed by atoms with Crippen LogP contribution in [0.4, 0.5) is 17.1 Å². The molecule has 0 saturated carbocycles. The van der Waals surface area contributed by atoms with Gasteiger partial charge in [0.2, 0.25) is 0 Å². The van der Waals surface area contributed by atoms with Gasteiger partial charge in [-0.15, -0.1) is 0 Å². The molecule has 0 fully saturated rings. The Bertz CT molecular complexity index is 735. The monoisotopic (exact) mass is 413 g/mol. The number of anilines is 2. The molecule has 2 aromatic carbocycles. The molecule has 0 atom stereocenters. The van der Waals surface area contributed by atoms with E-state index >= 15 is 0 Å². The second-order valence-electron chi connectivity index (χ2n) is 4.11. The quantitative estimate of drug-likeness (QED) is 0.451. The maximum absolute atomic E-state index is 12.2. The highest BCUT2D eigenvalue weighted by molar-refractivity contribution is 9.11. The van der Waals surface area contributed by atoms with Gasteiger partial charge >= 0.3 is 0 Å². The zero-order valence-electron chi connectivity index (χ0n) is 10.5. The molecule has 8 heteroatoms. The fourth-order valence-electron chi connectivity index (χ4n) is 1.63. The van der Waals surface area contributed by atoms with E-state index in [4.69, 9.17) is 5.73 Å². The highest BCUT2D eigenvalue weighted by Gasteiger charge is 2.14. The summed E-state index contributed by atoms with van der Waals surface area (Å²) < 4.78 is 1.03. The first-order valence-corrected chi connectivity index (χ1v) is 7.27. The van der Waals surface area contributed by atoms with Crippen LogP contribution in [0.2, 0.25) is 0 Å². The van der Waals surface area contributed by atoms with E-state index in [0.29, 0.717) is 25.9 Å². The van der Waals surface area contributed by atoms with Crippen molar-refractivity contribution in [1.29, 1.82) is 0 Å². The zero-order chi connectivity index (χ0) is 15.6. The molecule has 0 unspecified atom stereocenters. The number of carbonyl (C=O) groups excluding carboxylic acids is 1. The van der Waals surface area contributed by atoms with Gasteiger partial charge in [0.25, 0.3) is 11.6 Å². The smallest absolute Gasteiger partial charge is 0.270 e. The predicted molar refractivity (Wildman–Crippen MR) is 87.3 cm³/mol. The number of halogens is 2. The van der Waals surface area contributed by atoms with Crippen molar-refractivity contribution in [2.24, 2.45) is 0 Å². The van der Waals surface area contributed by atoms with E-state index in [9.17, 15) is 14.9 Å². The van der Waals surface area contributed by atoms with Crippen molar-refractivity contribution in [3.63, 3.8) is 0 Å². The fraction of sp³-hybridized carbons (Fsp3) is 0. The predicted octanol–water partition coefficient (Wildman–Crippen LogP) is 3.95. The summed E-state index contributed by atoms with van der Waals surface area (Å²) >= 11 is 6.47. The highest BCUT2D eigenvalue weighted by Crippen LogP contribution is 2.28. The van der Waals surface area contributed by atoms with Gasteiger partial charge in [0.05, 0.1) is 16.2 Å². The highest BCUT2D eigenvalue weighted by atomic mass is 79.9. The van der Waals surface area contributed by atoms with Crippen LogP contribution in [-0.2, 0) is 0 Å². The molecule has 0 aliphatic rings. The number of nitrogen functional groups attached to an aromatic ring is 1. The lowest BCUT2D eigenvalue weighted by Gasteiger charge is -2.09. The summed E-state index contributed by atoms with van der Waals surface area (Å²) in [6, 6.07) is 8.98. The van der Waals surface area contributed by atoms with Crippen LogP contribution in [0.3, 0.4) is 0 Å². The summed E-state index contributed by atoms with van der Waals surface area (Å²) in [4.78, 5) is 22.4. The second-order valence-corrected chi connectivity index (χ2v) is 5.82. The largest absolute Gasteiger partial charge is 0.399 e. The van der Waals surface area contributed by atoms with Crippen molar-refractivity contribution in [2.45, 2.75) is 0 Å². The van der Waals surface area contributed by atoms with E-state index in [2.05, 4.69) is 37.2 Å². The van der Waals surface area contributed by atoms with Gasteiger partial charge in [-0.25, -0.2) is 0 Å². The molecule has 0 spiro atoms. The Hall–Kier alpha value is -1.93. The third kappa shape index (κ3) is 3.59. The molecule has 6 nitrogen and oxygen atoms in total. The molecule has 2 rings (SSSR count). The zero-order valence-corrected chi connectivity index (χ0v) is 13.6. The molecule has 21 heavy (non-hydrogen) atoms. The molecular weight excluding hydrogens is 406 g/mol. The minimum atomic E-state index is -0.509. The number of rotatable bonds is 3. The van der Waals surface area contributed by atoms with Gasteiger partial charge in [0, 0.05) is 26.8 Å². The van der Waals surface area contributed by atoms with E-state index in [1.165, 1.54) is 18.2 Å². The number of carbonyl (C=O) groups is 1. The Morgan fingerprint density at radius 2 is 1.86 bits per heavy atom. The number of nitrogens with two attached hydrogens (primary N) is 1. The molecule has 1 amide bonds. The van der Waals surface area contributed by atoms with E-state index in [1.54, 1.807) is 18.2 Å². The Morgan fingerprint density at radius 3 is 2.48 bits per heavy atom. The van der Waals surface area contributed by atoms with Gasteiger partial charge in [-0.3, -0.25) is 14.9 Å². The number of nitro groups is 1. The maximum Gasteiger partial charge on any atom is 0.270 e. The average Bonchev–Trinajstić information content (AvgIpc) is 2.43. The minimum absolute atomic E-state index is 0.0648. The van der Waals surface area contributed by atoms with Crippen molar-refractivity contribution in [3.8, 4) is 0 Å². The van der Waals surface area contributed by atoms with Gasteiger partial charge in [-0.2, -0.15) is 0 Å². The topological polar surface area (TPSA) is 98.3 Å². The first kappa shape index (κ1) is 15.5. The number of nitrogens with one attached hydrogen (secondary N) is 1. The van der Waals surface area contributed by atoms with Crippen LogP contribution >= 0.6 is 31.9 Å². The van der Waals surface area contributed by atoms with Gasteiger partial charge in [-0.1, -0.05) is 0 Å². The molecule has 0 radical (unpaired) electrons. The molecule has 3 N–H and O–H groups in total. The van der Waals surface area contributed by atoms with E-state index in [1.807, 2.05) is 0 Å². The fourth-order valence-corrected chi connectivity index (χ4v) is 2.52. The molecule has 0 saturated heterocycles. The molecule has 0 aliphatic carbocycles. The normalized spacial score (nSPS) is 10.2. The van der Waals surface area contributed by atoms with Gasteiger partial charge in [0.1, 0.15) is 0 Å². The standard InChI is InChI=1S/C13H9Br2N3O3/c14-10-3-1-7(16)5-9(10)13(19)17-12-4-2-8(18(20)21)6-11(12)15/h1-6H,16H2,(H,17,19). The molecule has 108 valence electrons. The first-order chi connectivity index (χ1) is 9.88. The maximum atomic E-state index is 12.2. The van der Waals surface area contributed by atoms with Crippen LogP contribution in [0, 0.1) is 10.1 Å². The van der Waals surface area contributed by atoms with Crippen LogP contribution in [0.15, 0.2) is 45.3 Å². The van der Waals surface area contributed by atoms with Gasteiger partial charge in [-0.05, 0) is 56.1 Å². The van der Waals surface area contributed by atoms with Crippen molar-refractivity contribution in [1.82, 2.24) is 0 Å². The molecule has 2 aromatic rings. The SMILES string of the molecule is Nc1ccc(Br)c(C(=O)Nc2ccc([N+](=O)[O-])cc2Br)c1. The molecule has 0 bridgehead atoms. The number of nitrogens with zero attached hydrogens (tertiary/aromatic N) is 1. The van der Waals surface area contributed by atoms with Crippen molar-refractivity contribution < 1.29 is 9.72 Å². The summed E-state index contributed by atoms with van der Waals surface area (Å²) in [7, 11) is 0. The molecular formula is C13H9Br2N3O3. The number of nitro benzene ring substituents is 1. The van der Waals surface area contributed by atoms with Gasteiger partial charge < -0.3 is 11.1 Å². The van der Waals surface area contributed by atoms with E-state index < -0.39 is 4.92 Å². The number of hydrogen-bond donors (Lipinski definition) is 2. The van der Waals surface area contributed by atoms with Crippen LogP contribution < -0.4 is 11.1 Å². The summed E-state index contributed by atoms with van der Waals surface area (Å²) in [6.07, 6.45) is 0. The van der Waals surface area contributed by atoms with Crippen LogP contribution in [-0.4, -0.2) is 10.8 Å². The third-order valence-corrected chi connectivity index (χ3v) is 3.99. The molecule has 0 aliphatic heterocycles. The summed E-state index contributed by atoms with van der Waals surface area (Å²) in [5, 5.41) is 13.3. The Kier molecular flexibility index (Phi) is 4.59. The van der Waals surface area contributed by atoms with E-state index in [-0.39, 0.29) is 11.6 Å². The third-order valence-electron chi connectivity index (χ3n) is 2.65. The molecule has 0 aromatic heterocycles. The minimum Gasteiger partial charge on any atom is -0.399 e. The lowest BCUT2D eigenvalue weighted by atomic mass is 10.2. The number of hydrogen-bond acceptors (Lipinski definition) is 4. The van der Waals surface area contributed by atoms with Crippen molar-refractivity contribution in [2.75, 3.05) is 11.1 Å². The van der Waals surface area contributed by atoms with Crippen LogP contribution in [0.5, 0.6) is 0 Å². The molecule has 0 heterocycles. The van der Waals surface area contributed by atoms with E-state index in [0.717, 1.165) is 0 Å². The van der Waals surface area contributed by atoms with Crippen molar-refractivity contribution in [3.05, 3.63) is 61.0 Å². The lowest BCUT2D eigenvalue weighted by Crippen LogP contribution is -2.13. The summed E-state index contributed by atoms with van der Waals surface area (Å²) in [5.74, 6) is -0.372. The summed E-state index contributed by atoms with van der Waals surface area (Å²) in [6.45, 7) is 0. The van der Waals surface area contributed by atoms with Gasteiger partial charge in [0.15, 0.2) is 0 Å². The second kappa shape index (κ2) is 6.23. The Morgan fingerprint density at radius 1 is 1.14 bits per heavy atom. The van der Waals surface area contributed by atoms with Crippen molar-refractivity contribution >= 4 is 54.8 Å². The number of non-ortho nitro benzene ring substituents is 1. The average molecular weight is 415 g/mol. The Labute approximate surface area is 136 Å². The summed E-state index contributed by atoms with van der Waals surface area (Å²) in [5.41, 5.74) is 6.86. The Balaban J connectivity index is 2.27. The first-order valence-electron chi connectivity index (χ1n) is 5.69. The number of benzene rings is 2. The lowest BCUT2D eigenvalue weighted by molar-refractivity contribution is -0.384. The number of amides is 1. The van der Waals surface area contributed by atoms with Crippen LogP contribution in [0.1, 0.15) is 10.4 Å².